The third-order valence-electron chi connectivity index (χ3n) is 8.77. The van der Waals surface area contributed by atoms with Crippen molar-refractivity contribution in [2.45, 2.75) is 24.7 Å². The molecule has 2 heteroatoms. The van der Waals surface area contributed by atoms with Gasteiger partial charge in [0.15, 0.2) is 0 Å². The Morgan fingerprint density at radius 3 is 1.10 bits per heavy atom. The molecule has 2 nitrogen and oxygen atoms in total. The van der Waals surface area contributed by atoms with E-state index in [0.717, 1.165) is 11.4 Å². The van der Waals surface area contributed by atoms with Crippen molar-refractivity contribution < 1.29 is 0 Å². The van der Waals surface area contributed by atoms with Gasteiger partial charge in [-0.1, -0.05) is 152 Å². The second-order valence-electron chi connectivity index (χ2n) is 11.2. The molecule has 6 aromatic carbocycles. The van der Waals surface area contributed by atoms with Crippen molar-refractivity contribution in [1.82, 2.24) is 0 Å². The van der Waals surface area contributed by atoms with E-state index in [1.165, 1.54) is 33.4 Å². The highest BCUT2D eigenvalue weighted by atomic mass is 14.9. The molecule has 0 saturated carbocycles. The second kappa shape index (κ2) is 11.4. The maximum atomic E-state index is 6.57. The van der Waals surface area contributed by atoms with Crippen LogP contribution in [0.25, 0.3) is 0 Å². The standard InChI is InChI=1S/C40H36N2/c1-39(30-18-7-3-8-19-30,31-20-9-4-10-21-31)34-26-17-27-35(38(34)42-37-29-16-15-28-36(37)41)40(2,32-22-11-5-12-23-32)33-24-13-6-14-25-33/h3-29,42H,41H2,1-2H3. The van der Waals surface area contributed by atoms with Crippen molar-refractivity contribution >= 4 is 17.1 Å². The Hall–Kier alpha value is -5.08. The lowest BCUT2D eigenvalue weighted by atomic mass is 9.66. The summed E-state index contributed by atoms with van der Waals surface area (Å²) in [6.07, 6.45) is 0. The number of para-hydroxylation sites is 3. The topological polar surface area (TPSA) is 38.0 Å². The summed E-state index contributed by atoms with van der Waals surface area (Å²) in [5, 5.41) is 3.87. The van der Waals surface area contributed by atoms with Crippen LogP contribution in [0.15, 0.2) is 164 Å². The van der Waals surface area contributed by atoms with Crippen LogP contribution in [0.4, 0.5) is 17.1 Å². The van der Waals surface area contributed by atoms with Crippen LogP contribution in [-0.4, -0.2) is 0 Å². The highest BCUT2D eigenvalue weighted by Crippen LogP contribution is 2.49. The van der Waals surface area contributed by atoms with E-state index in [9.17, 15) is 0 Å². The van der Waals surface area contributed by atoms with E-state index in [1.807, 2.05) is 18.2 Å². The summed E-state index contributed by atoms with van der Waals surface area (Å²) < 4.78 is 0. The minimum Gasteiger partial charge on any atom is -0.397 e. The molecular weight excluding hydrogens is 508 g/mol. The Morgan fingerprint density at radius 1 is 0.405 bits per heavy atom. The molecule has 6 aromatic rings. The third kappa shape index (κ3) is 4.76. The molecule has 0 saturated heterocycles. The molecule has 0 aliphatic carbocycles. The number of anilines is 3. The van der Waals surface area contributed by atoms with Gasteiger partial charge in [-0.05, 0) is 59.4 Å². The molecule has 206 valence electrons. The molecule has 0 aromatic heterocycles. The Balaban J connectivity index is 1.72. The van der Waals surface area contributed by atoms with Gasteiger partial charge < -0.3 is 11.1 Å². The van der Waals surface area contributed by atoms with Gasteiger partial charge in [0.05, 0.1) is 11.4 Å². The lowest BCUT2D eigenvalue weighted by Crippen LogP contribution is -2.31. The number of nitrogens with one attached hydrogen (secondary N) is 1. The predicted molar refractivity (Wildman–Crippen MR) is 177 cm³/mol. The summed E-state index contributed by atoms with van der Waals surface area (Å²) in [5.74, 6) is 0. The Labute approximate surface area is 249 Å². The summed E-state index contributed by atoms with van der Waals surface area (Å²) in [6.45, 7) is 4.66. The van der Waals surface area contributed by atoms with Crippen molar-refractivity contribution in [2.75, 3.05) is 11.1 Å². The second-order valence-corrected chi connectivity index (χ2v) is 11.2. The van der Waals surface area contributed by atoms with Crippen LogP contribution in [-0.2, 0) is 10.8 Å². The van der Waals surface area contributed by atoms with Gasteiger partial charge in [0, 0.05) is 16.5 Å². The van der Waals surface area contributed by atoms with Crippen LogP contribution in [0.2, 0.25) is 0 Å². The van der Waals surface area contributed by atoms with Gasteiger partial charge in [0.2, 0.25) is 0 Å². The number of rotatable bonds is 8. The number of benzene rings is 6. The molecule has 42 heavy (non-hydrogen) atoms. The smallest absolute Gasteiger partial charge is 0.0618 e. The minimum atomic E-state index is -0.460. The molecule has 0 radical (unpaired) electrons. The first kappa shape index (κ1) is 27.1. The van der Waals surface area contributed by atoms with Crippen molar-refractivity contribution in [2.24, 2.45) is 0 Å². The lowest BCUT2D eigenvalue weighted by Gasteiger charge is -2.39. The van der Waals surface area contributed by atoms with Gasteiger partial charge in [-0.2, -0.15) is 0 Å². The molecule has 0 bridgehead atoms. The first-order valence-corrected chi connectivity index (χ1v) is 14.5. The fourth-order valence-corrected chi connectivity index (χ4v) is 6.31. The highest BCUT2D eigenvalue weighted by molar-refractivity contribution is 5.80. The van der Waals surface area contributed by atoms with Gasteiger partial charge in [-0.15, -0.1) is 0 Å². The van der Waals surface area contributed by atoms with E-state index in [0.29, 0.717) is 5.69 Å². The normalized spacial score (nSPS) is 11.7. The van der Waals surface area contributed by atoms with Crippen molar-refractivity contribution in [3.8, 4) is 0 Å². The summed E-state index contributed by atoms with van der Waals surface area (Å²) in [5.41, 5.74) is 15.5. The summed E-state index contributed by atoms with van der Waals surface area (Å²) >= 11 is 0. The Kier molecular flexibility index (Phi) is 7.37. The molecule has 0 fully saturated rings. The van der Waals surface area contributed by atoms with Crippen LogP contribution in [0, 0.1) is 0 Å². The molecule has 3 N–H and O–H groups in total. The van der Waals surface area contributed by atoms with Crippen LogP contribution in [0.5, 0.6) is 0 Å². The molecule has 0 unspecified atom stereocenters. The fourth-order valence-electron chi connectivity index (χ4n) is 6.31. The fraction of sp³-hybridized carbons (Fsp3) is 0.100. The molecule has 0 heterocycles. The maximum Gasteiger partial charge on any atom is 0.0618 e. The molecule has 0 atom stereocenters. The van der Waals surface area contributed by atoms with E-state index < -0.39 is 10.8 Å². The first-order valence-electron chi connectivity index (χ1n) is 14.5. The molecular formula is C40H36N2. The van der Waals surface area contributed by atoms with E-state index in [4.69, 9.17) is 5.73 Å². The van der Waals surface area contributed by atoms with Crippen LogP contribution >= 0.6 is 0 Å². The SMILES string of the molecule is CC(c1ccccc1)(c1ccccc1)c1cccc(C(C)(c2ccccc2)c2ccccc2)c1Nc1ccccc1N. The highest BCUT2D eigenvalue weighted by Gasteiger charge is 2.39. The quantitative estimate of drug-likeness (QED) is 0.148. The Bertz CT molecular complexity index is 1580. The average molecular weight is 545 g/mol. The zero-order chi connectivity index (χ0) is 29.0. The largest absolute Gasteiger partial charge is 0.397 e. The summed E-state index contributed by atoms with van der Waals surface area (Å²) in [4.78, 5) is 0. The van der Waals surface area contributed by atoms with E-state index in [2.05, 4.69) is 165 Å². The van der Waals surface area contributed by atoms with Gasteiger partial charge in [0.1, 0.15) is 0 Å². The van der Waals surface area contributed by atoms with E-state index in [-0.39, 0.29) is 0 Å². The average Bonchev–Trinajstić information content (AvgIpc) is 3.07. The van der Waals surface area contributed by atoms with Crippen LogP contribution < -0.4 is 11.1 Å². The van der Waals surface area contributed by atoms with Gasteiger partial charge >= 0.3 is 0 Å². The number of nitrogen functional groups attached to an aromatic ring is 1. The monoisotopic (exact) mass is 544 g/mol. The zero-order valence-corrected chi connectivity index (χ0v) is 24.2. The Morgan fingerprint density at radius 2 is 0.738 bits per heavy atom. The van der Waals surface area contributed by atoms with Gasteiger partial charge in [-0.25, -0.2) is 0 Å². The van der Waals surface area contributed by atoms with Crippen molar-refractivity contribution in [3.63, 3.8) is 0 Å². The number of hydrogen-bond donors (Lipinski definition) is 2. The van der Waals surface area contributed by atoms with Crippen molar-refractivity contribution in [1.29, 1.82) is 0 Å². The lowest BCUT2D eigenvalue weighted by molar-refractivity contribution is 0.671. The molecule has 0 amide bonds. The van der Waals surface area contributed by atoms with Gasteiger partial charge in [-0.3, -0.25) is 0 Å². The maximum absolute atomic E-state index is 6.57. The molecule has 6 rings (SSSR count). The molecule has 0 aliphatic heterocycles. The molecule has 0 spiro atoms. The number of nitrogens with two attached hydrogens (primary N) is 1. The van der Waals surface area contributed by atoms with E-state index >= 15 is 0 Å². The zero-order valence-electron chi connectivity index (χ0n) is 24.2. The van der Waals surface area contributed by atoms with E-state index in [1.54, 1.807) is 0 Å². The molecule has 0 aliphatic rings. The number of hydrogen-bond acceptors (Lipinski definition) is 2. The summed E-state index contributed by atoms with van der Waals surface area (Å²) in [7, 11) is 0. The van der Waals surface area contributed by atoms with Gasteiger partial charge in [0.25, 0.3) is 0 Å². The summed E-state index contributed by atoms with van der Waals surface area (Å²) in [6, 6.07) is 57.9. The van der Waals surface area contributed by atoms with Crippen LogP contribution in [0.3, 0.4) is 0 Å². The predicted octanol–water partition coefficient (Wildman–Crippen LogP) is 9.72. The first-order chi connectivity index (χ1) is 20.5. The third-order valence-corrected chi connectivity index (χ3v) is 8.77. The van der Waals surface area contributed by atoms with Crippen molar-refractivity contribution in [3.05, 3.63) is 197 Å². The minimum absolute atomic E-state index is 0.460. The van der Waals surface area contributed by atoms with Crippen LogP contribution in [0.1, 0.15) is 47.2 Å².